The van der Waals surface area contributed by atoms with Gasteiger partial charge in [0, 0.05) is 28.9 Å². The van der Waals surface area contributed by atoms with E-state index in [9.17, 15) is 4.79 Å². The lowest BCUT2D eigenvalue weighted by Crippen LogP contribution is -2.04. The molecule has 0 amide bonds. The molecular weight excluding hydrogens is 294 g/mol. The maximum atomic E-state index is 12.4. The number of ketones is 1. The van der Waals surface area contributed by atoms with Crippen molar-refractivity contribution in [2.24, 2.45) is 0 Å². The molecule has 90 valence electrons. The normalized spacial score (nSPS) is 12.9. The number of aromatic nitrogens is 1. The van der Waals surface area contributed by atoms with Gasteiger partial charge in [-0.05, 0) is 33.6 Å². The maximum Gasteiger partial charge on any atom is 0.198 e. The molecule has 1 aromatic carbocycles. The van der Waals surface area contributed by atoms with Crippen LogP contribution in [0.2, 0.25) is 0 Å². The first-order chi connectivity index (χ1) is 8.75. The summed E-state index contributed by atoms with van der Waals surface area (Å²) in [6.45, 7) is 0.649. The highest BCUT2D eigenvalue weighted by atomic mass is 79.9. The van der Waals surface area contributed by atoms with Crippen molar-refractivity contribution in [2.75, 3.05) is 6.61 Å². The van der Waals surface area contributed by atoms with E-state index in [2.05, 4.69) is 20.9 Å². The van der Waals surface area contributed by atoms with Gasteiger partial charge in [-0.15, -0.1) is 0 Å². The van der Waals surface area contributed by atoms with Crippen LogP contribution in [0.25, 0.3) is 0 Å². The minimum Gasteiger partial charge on any atom is -0.492 e. The van der Waals surface area contributed by atoms with E-state index in [1.165, 1.54) is 0 Å². The Morgan fingerprint density at radius 3 is 3.06 bits per heavy atom. The van der Waals surface area contributed by atoms with Gasteiger partial charge >= 0.3 is 0 Å². The molecule has 0 radical (unpaired) electrons. The lowest BCUT2D eigenvalue weighted by atomic mass is 10.0. The predicted octanol–water partition coefficient (Wildman–Crippen LogP) is 3.01. The predicted molar refractivity (Wildman–Crippen MR) is 71.0 cm³/mol. The molecule has 0 spiro atoms. The average molecular weight is 304 g/mol. The molecule has 1 aromatic heterocycles. The Morgan fingerprint density at radius 1 is 1.33 bits per heavy atom. The Labute approximate surface area is 113 Å². The van der Waals surface area contributed by atoms with E-state index in [0.717, 1.165) is 22.2 Å². The lowest BCUT2D eigenvalue weighted by Gasteiger charge is -2.07. The van der Waals surface area contributed by atoms with Crippen molar-refractivity contribution in [1.29, 1.82) is 0 Å². The number of rotatable bonds is 2. The van der Waals surface area contributed by atoms with Crippen molar-refractivity contribution in [3.63, 3.8) is 0 Å². The summed E-state index contributed by atoms with van der Waals surface area (Å²) in [5.41, 5.74) is 2.28. The topological polar surface area (TPSA) is 39.2 Å². The average Bonchev–Trinajstić information content (AvgIpc) is 2.86. The molecule has 2 heterocycles. The number of nitrogens with zero attached hydrogens (tertiary/aromatic N) is 1. The zero-order chi connectivity index (χ0) is 12.5. The summed E-state index contributed by atoms with van der Waals surface area (Å²) in [6.07, 6.45) is 4.09. The molecular formula is C14H10BrNO2. The Balaban J connectivity index is 2.06. The number of fused-ring (bicyclic) bond motifs is 1. The quantitative estimate of drug-likeness (QED) is 0.801. The molecule has 2 aromatic rings. The number of benzene rings is 1. The molecule has 0 saturated carbocycles. The third-order valence-corrected chi connectivity index (χ3v) is 3.36. The second-order valence-electron chi connectivity index (χ2n) is 4.11. The Morgan fingerprint density at radius 2 is 2.22 bits per heavy atom. The Hall–Kier alpha value is -1.68. The van der Waals surface area contributed by atoms with Crippen molar-refractivity contribution in [3.05, 3.63) is 57.8 Å². The number of halogens is 1. The van der Waals surface area contributed by atoms with E-state index in [4.69, 9.17) is 4.74 Å². The van der Waals surface area contributed by atoms with Crippen molar-refractivity contribution in [1.82, 2.24) is 4.98 Å². The summed E-state index contributed by atoms with van der Waals surface area (Å²) in [5, 5.41) is 0. The summed E-state index contributed by atoms with van der Waals surface area (Å²) >= 11 is 3.32. The number of carbonyl (C=O) groups excluding carboxylic acids is 1. The number of pyridine rings is 1. The first-order valence-corrected chi connectivity index (χ1v) is 6.45. The minimum absolute atomic E-state index is 0.0532. The van der Waals surface area contributed by atoms with Crippen LogP contribution >= 0.6 is 15.9 Å². The largest absolute Gasteiger partial charge is 0.492 e. The van der Waals surface area contributed by atoms with Gasteiger partial charge in [-0.3, -0.25) is 9.78 Å². The molecule has 0 aliphatic carbocycles. The fourth-order valence-corrected chi connectivity index (χ4v) is 2.45. The standard InChI is InChI=1S/C14H10BrNO2/c15-11-6-10(7-16-8-11)13(17)12-3-1-2-9-4-5-18-14(9)12/h1-3,6-8H,4-5H2. The van der Waals surface area contributed by atoms with Crippen LogP contribution in [0.5, 0.6) is 5.75 Å². The van der Waals surface area contributed by atoms with Gasteiger partial charge in [-0.1, -0.05) is 12.1 Å². The van der Waals surface area contributed by atoms with Gasteiger partial charge in [-0.2, -0.15) is 0 Å². The monoisotopic (exact) mass is 303 g/mol. The third-order valence-electron chi connectivity index (χ3n) is 2.93. The van der Waals surface area contributed by atoms with Crippen LogP contribution in [0.4, 0.5) is 0 Å². The molecule has 0 unspecified atom stereocenters. The van der Waals surface area contributed by atoms with Gasteiger partial charge in [0.15, 0.2) is 5.78 Å². The van der Waals surface area contributed by atoms with Crippen molar-refractivity contribution in [3.8, 4) is 5.75 Å². The molecule has 0 bridgehead atoms. The number of ether oxygens (including phenoxy) is 1. The number of hydrogen-bond donors (Lipinski definition) is 0. The second-order valence-corrected chi connectivity index (χ2v) is 5.03. The molecule has 4 heteroatoms. The van der Waals surface area contributed by atoms with E-state index in [1.54, 1.807) is 24.5 Å². The van der Waals surface area contributed by atoms with Crippen LogP contribution in [0, 0.1) is 0 Å². The minimum atomic E-state index is -0.0532. The first kappa shape index (κ1) is 11.4. The van der Waals surface area contributed by atoms with E-state index >= 15 is 0 Å². The SMILES string of the molecule is O=C(c1cncc(Br)c1)c1cccc2c1OCC2. The molecule has 0 atom stereocenters. The van der Waals surface area contributed by atoms with Gasteiger partial charge in [0.25, 0.3) is 0 Å². The number of hydrogen-bond acceptors (Lipinski definition) is 3. The van der Waals surface area contributed by atoms with Crippen LogP contribution in [-0.4, -0.2) is 17.4 Å². The van der Waals surface area contributed by atoms with Crippen LogP contribution in [0.15, 0.2) is 41.1 Å². The van der Waals surface area contributed by atoms with E-state index in [-0.39, 0.29) is 5.78 Å². The highest BCUT2D eigenvalue weighted by Gasteiger charge is 2.21. The summed E-state index contributed by atoms with van der Waals surface area (Å²) < 4.78 is 6.34. The second kappa shape index (κ2) is 4.53. The zero-order valence-electron chi connectivity index (χ0n) is 9.52. The Bertz CT molecular complexity index is 625. The molecule has 1 aliphatic rings. The van der Waals surface area contributed by atoms with Gasteiger partial charge in [-0.25, -0.2) is 0 Å². The Kier molecular flexibility index (Phi) is 2.88. The fraction of sp³-hybridized carbons (Fsp3) is 0.143. The highest BCUT2D eigenvalue weighted by molar-refractivity contribution is 9.10. The van der Waals surface area contributed by atoms with Crippen molar-refractivity contribution in [2.45, 2.75) is 6.42 Å². The summed E-state index contributed by atoms with van der Waals surface area (Å²) in [7, 11) is 0. The van der Waals surface area contributed by atoms with Crippen LogP contribution in [-0.2, 0) is 6.42 Å². The maximum absolute atomic E-state index is 12.4. The van der Waals surface area contributed by atoms with E-state index in [0.29, 0.717) is 17.7 Å². The zero-order valence-corrected chi connectivity index (χ0v) is 11.1. The van der Waals surface area contributed by atoms with E-state index in [1.807, 2.05) is 12.1 Å². The molecule has 18 heavy (non-hydrogen) atoms. The number of carbonyl (C=O) groups is 1. The van der Waals surface area contributed by atoms with Crippen molar-refractivity contribution < 1.29 is 9.53 Å². The smallest absolute Gasteiger partial charge is 0.198 e. The molecule has 0 fully saturated rings. The summed E-state index contributed by atoms with van der Waals surface area (Å²) in [4.78, 5) is 16.4. The molecule has 3 rings (SSSR count). The molecule has 0 saturated heterocycles. The van der Waals surface area contributed by atoms with Gasteiger partial charge in [0.2, 0.25) is 0 Å². The third kappa shape index (κ3) is 1.93. The molecule has 1 aliphatic heterocycles. The van der Waals surface area contributed by atoms with Gasteiger partial charge < -0.3 is 4.74 Å². The first-order valence-electron chi connectivity index (χ1n) is 5.65. The molecule has 0 N–H and O–H groups in total. The van der Waals surface area contributed by atoms with Gasteiger partial charge in [0.1, 0.15) is 5.75 Å². The van der Waals surface area contributed by atoms with Crippen LogP contribution in [0.1, 0.15) is 21.5 Å². The van der Waals surface area contributed by atoms with Gasteiger partial charge in [0.05, 0.1) is 12.2 Å². The summed E-state index contributed by atoms with van der Waals surface area (Å²) in [6, 6.07) is 7.46. The fourth-order valence-electron chi connectivity index (χ4n) is 2.09. The van der Waals surface area contributed by atoms with Crippen LogP contribution < -0.4 is 4.74 Å². The lowest BCUT2D eigenvalue weighted by molar-refractivity contribution is 0.103. The van der Waals surface area contributed by atoms with Crippen LogP contribution in [0.3, 0.4) is 0 Å². The number of para-hydroxylation sites is 1. The molecule has 3 nitrogen and oxygen atoms in total. The summed E-state index contributed by atoms with van der Waals surface area (Å²) in [5.74, 6) is 0.671. The van der Waals surface area contributed by atoms with Crippen molar-refractivity contribution >= 4 is 21.7 Å². The highest BCUT2D eigenvalue weighted by Crippen LogP contribution is 2.31. The van der Waals surface area contributed by atoms with E-state index < -0.39 is 0 Å².